The second-order valence-corrected chi connectivity index (χ2v) is 8.54. The van der Waals surface area contributed by atoms with E-state index in [1.165, 1.54) is 38.5 Å². The van der Waals surface area contributed by atoms with Gasteiger partial charge in [-0.15, -0.1) is 10.3 Å². The molecule has 0 unspecified atom stereocenters. The number of nitrogens with zero attached hydrogens (tertiary/aromatic N) is 2. The molecule has 0 atom stereocenters. The van der Waals surface area contributed by atoms with Crippen molar-refractivity contribution in [3.63, 3.8) is 0 Å². The van der Waals surface area contributed by atoms with Crippen LogP contribution in [-0.2, 0) is 0 Å². The van der Waals surface area contributed by atoms with Crippen molar-refractivity contribution < 1.29 is 10.4 Å². The summed E-state index contributed by atoms with van der Waals surface area (Å²) < 4.78 is 0. The zero-order valence-corrected chi connectivity index (χ0v) is 13.5. The summed E-state index contributed by atoms with van der Waals surface area (Å²) in [6, 6.07) is 0. The Labute approximate surface area is 123 Å². The molecule has 0 amide bonds. The normalized spacial score (nSPS) is 24.3. The van der Waals surface area contributed by atoms with Crippen molar-refractivity contribution in [3.05, 3.63) is 0 Å². The third-order valence-corrected chi connectivity index (χ3v) is 7.52. The maximum Gasteiger partial charge on any atom is 0.166 e. The van der Waals surface area contributed by atoms with E-state index in [9.17, 15) is 10.4 Å². The molecule has 0 bridgehead atoms. The summed E-state index contributed by atoms with van der Waals surface area (Å²) in [4.78, 5) is 0. The molecule has 4 nitrogen and oxygen atoms in total. The summed E-state index contributed by atoms with van der Waals surface area (Å²) in [5.74, 6) is 0.820. The van der Waals surface area contributed by atoms with Gasteiger partial charge in [0.1, 0.15) is 0 Å². The zero-order valence-electron chi connectivity index (χ0n) is 12.5. The first-order valence-electron chi connectivity index (χ1n) is 8.06. The van der Waals surface area contributed by atoms with Crippen LogP contribution in [0.3, 0.4) is 0 Å². The summed E-state index contributed by atoms with van der Waals surface area (Å²) in [6.45, 7) is 2.14. The second kappa shape index (κ2) is 7.81. The average molecular weight is 295 g/mol. The van der Waals surface area contributed by atoms with Crippen LogP contribution in [0, 0.1) is 11.8 Å². The Hall–Kier alpha value is -0.843. The highest BCUT2D eigenvalue weighted by molar-refractivity contribution is 7.12. The van der Waals surface area contributed by atoms with Crippen LogP contribution in [-0.4, -0.2) is 29.9 Å². The predicted molar refractivity (Wildman–Crippen MR) is 83.2 cm³/mol. The summed E-state index contributed by atoms with van der Waals surface area (Å²) in [5.41, 5.74) is 0. The van der Waals surface area contributed by atoms with Crippen LogP contribution in [0.15, 0.2) is 10.3 Å². The van der Waals surface area contributed by atoms with Crippen LogP contribution in [0.2, 0.25) is 6.55 Å². The molecular formula is C15H27N2O2Si. The maximum absolute atomic E-state index is 9.47. The molecular weight excluding hydrogens is 268 g/mol. The van der Waals surface area contributed by atoms with Crippen LogP contribution in [0.4, 0.5) is 0 Å². The molecule has 0 heterocycles. The molecule has 1 radical (unpaired) electrons. The van der Waals surface area contributed by atoms with Gasteiger partial charge in [-0.25, -0.2) is 0 Å². The van der Waals surface area contributed by atoms with Crippen LogP contribution in [0.5, 0.6) is 0 Å². The van der Waals surface area contributed by atoms with Crippen molar-refractivity contribution >= 4 is 19.5 Å². The lowest BCUT2D eigenvalue weighted by Crippen LogP contribution is -2.42. The van der Waals surface area contributed by atoms with Crippen LogP contribution < -0.4 is 0 Å². The van der Waals surface area contributed by atoms with E-state index in [1.807, 2.05) is 0 Å². The van der Waals surface area contributed by atoms with Gasteiger partial charge in [0.05, 0.1) is 0 Å². The van der Waals surface area contributed by atoms with E-state index in [0.29, 0.717) is 11.8 Å². The van der Waals surface area contributed by atoms with Gasteiger partial charge in [-0.05, 0) is 37.5 Å². The fourth-order valence-corrected chi connectivity index (χ4v) is 6.17. The van der Waals surface area contributed by atoms with Crippen molar-refractivity contribution in [2.24, 2.45) is 22.1 Å². The van der Waals surface area contributed by atoms with Crippen molar-refractivity contribution in [2.75, 3.05) is 0 Å². The number of hydrogen-bond acceptors (Lipinski definition) is 4. The van der Waals surface area contributed by atoms with Gasteiger partial charge in [-0.3, -0.25) is 0 Å². The zero-order chi connectivity index (χ0) is 14.4. The van der Waals surface area contributed by atoms with E-state index in [2.05, 4.69) is 16.9 Å². The first kappa shape index (κ1) is 15.5. The summed E-state index contributed by atoms with van der Waals surface area (Å²) in [6.07, 6.45) is 12.0. The molecule has 0 aliphatic heterocycles. The highest BCUT2D eigenvalue weighted by atomic mass is 28.3. The number of oxime groups is 2. The largest absolute Gasteiger partial charge is 0.411 e. The van der Waals surface area contributed by atoms with Gasteiger partial charge in [0.15, 0.2) is 8.80 Å². The Bertz CT molecular complexity index is 325. The Morgan fingerprint density at radius 2 is 1.10 bits per heavy atom. The van der Waals surface area contributed by atoms with Gasteiger partial charge in [0.25, 0.3) is 0 Å². The summed E-state index contributed by atoms with van der Waals surface area (Å²) in [5, 5.41) is 28.1. The van der Waals surface area contributed by atoms with Crippen LogP contribution in [0.25, 0.3) is 0 Å². The fourth-order valence-electron chi connectivity index (χ4n) is 3.81. The van der Waals surface area contributed by atoms with Gasteiger partial charge in [0, 0.05) is 10.7 Å². The first-order valence-corrected chi connectivity index (χ1v) is 10.1. The van der Waals surface area contributed by atoms with Crippen molar-refractivity contribution in [2.45, 2.75) is 70.8 Å². The molecule has 2 aliphatic carbocycles. The second-order valence-electron chi connectivity index (χ2n) is 6.27. The van der Waals surface area contributed by atoms with E-state index in [-0.39, 0.29) is 0 Å². The monoisotopic (exact) mass is 295 g/mol. The molecule has 0 spiro atoms. The molecule has 2 N–H and O–H groups in total. The van der Waals surface area contributed by atoms with Crippen molar-refractivity contribution in [1.29, 1.82) is 0 Å². The minimum Gasteiger partial charge on any atom is -0.411 e. The molecule has 5 heteroatoms. The number of rotatable bonds is 4. The molecule has 2 saturated carbocycles. The molecule has 20 heavy (non-hydrogen) atoms. The molecule has 0 aromatic carbocycles. The van der Waals surface area contributed by atoms with E-state index < -0.39 is 8.80 Å². The lowest BCUT2D eigenvalue weighted by atomic mass is 9.90. The fraction of sp³-hybridized carbons (Fsp3) is 0.867. The van der Waals surface area contributed by atoms with Gasteiger partial charge in [-0.2, -0.15) is 0 Å². The van der Waals surface area contributed by atoms with E-state index in [4.69, 9.17) is 0 Å². The van der Waals surface area contributed by atoms with Gasteiger partial charge < -0.3 is 10.4 Å². The molecule has 2 rings (SSSR count). The number of hydrogen-bond donors (Lipinski definition) is 2. The predicted octanol–water partition coefficient (Wildman–Crippen LogP) is 4.01. The molecule has 2 fully saturated rings. The van der Waals surface area contributed by atoms with Gasteiger partial charge >= 0.3 is 0 Å². The third kappa shape index (κ3) is 3.62. The van der Waals surface area contributed by atoms with Crippen molar-refractivity contribution in [3.8, 4) is 0 Å². The molecule has 0 aromatic rings. The van der Waals surface area contributed by atoms with Crippen LogP contribution >= 0.6 is 0 Å². The quantitative estimate of drug-likeness (QED) is 0.356. The molecule has 2 aliphatic rings. The van der Waals surface area contributed by atoms with Crippen molar-refractivity contribution in [1.82, 2.24) is 0 Å². The lowest BCUT2D eigenvalue weighted by molar-refractivity contribution is 0.310. The molecule has 0 saturated heterocycles. The maximum atomic E-state index is 9.47. The SMILES string of the molecule is C[Si](C(=NO)C1CCCCC1)C(=NO)C1CCCCC1. The Kier molecular flexibility index (Phi) is 6.07. The molecule has 113 valence electrons. The topological polar surface area (TPSA) is 65.2 Å². The van der Waals surface area contributed by atoms with Crippen LogP contribution in [0.1, 0.15) is 64.2 Å². The Morgan fingerprint density at radius 1 is 0.750 bits per heavy atom. The highest BCUT2D eigenvalue weighted by Crippen LogP contribution is 2.29. The standard InChI is InChI=1S/C15H27N2O2Si/c1-20(14(16-18)12-8-4-2-5-9-12)15(17-19)13-10-6-3-7-11-13/h12-13,18-19H,2-11H2,1H3. The van der Waals surface area contributed by atoms with Gasteiger partial charge in [0.2, 0.25) is 0 Å². The first-order chi connectivity index (χ1) is 9.77. The molecule has 0 aromatic heterocycles. The van der Waals surface area contributed by atoms with E-state index in [1.54, 1.807) is 0 Å². The third-order valence-electron chi connectivity index (χ3n) is 4.97. The Balaban J connectivity index is 2.07. The highest BCUT2D eigenvalue weighted by Gasteiger charge is 2.33. The summed E-state index contributed by atoms with van der Waals surface area (Å²) >= 11 is 0. The van der Waals surface area contributed by atoms with E-state index >= 15 is 0 Å². The summed E-state index contributed by atoms with van der Waals surface area (Å²) in [7, 11) is -1.17. The van der Waals surface area contributed by atoms with E-state index in [0.717, 1.165) is 36.4 Å². The smallest absolute Gasteiger partial charge is 0.166 e. The van der Waals surface area contributed by atoms with Gasteiger partial charge in [-0.1, -0.05) is 45.1 Å². The minimum atomic E-state index is -1.17. The minimum absolute atomic E-state index is 0.410. The lowest BCUT2D eigenvalue weighted by Gasteiger charge is -2.29. The average Bonchev–Trinajstić information content (AvgIpc) is 2.51. The Morgan fingerprint density at radius 3 is 1.40 bits per heavy atom.